The maximum atomic E-state index is 11.7. The smallest absolute Gasteiger partial charge is 0.272 e. The largest absolute Gasteiger partial charge is 0.346 e. The van der Waals surface area contributed by atoms with Gasteiger partial charge in [0.25, 0.3) is 11.5 Å². The highest BCUT2D eigenvalue weighted by atomic mass is 32.1. The summed E-state index contributed by atoms with van der Waals surface area (Å²) in [6, 6.07) is 2.66. The van der Waals surface area contributed by atoms with Crippen molar-refractivity contribution in [2.24, 2.45) is 0 Å². The minimum Gasteiger partial charge on any atom is -0.346 e. The second-order valence-corrected chi connectivity index (χ2v) is 5.02. The number of rotatable bonds is 3. The van der Waals surface area contributed by atoms with E-state index in [1.807, 2.05) is 13.8 Å². The van der Waals surface area contributed by atoms with E-state index in [0.29, 0.717) is 6.54 Å². The van der Waals surface area contributed by atoms with Gasteiger partial charge in [0.15, 0.2) is 0 Å². The summed E-state index contributed by atoms with van der Waals surface area (Å²) in [7, 11) is 0. The lowest BCUT2D eigenvalue weighted by molar-refractivity contribution is 0.0945. The molecule has 0 aliphatic rings. The Bertz CT molecular complexity index is 612. The van der Waals surface area contributed by atoms with E-state index in [-0.39, 0.29) is 17.2 Å². The second kappa shape index (κ2) is 5.09. The van der Waals surface area contributed by atoms with Crippen LogP contribution in [0, 0.1) is 13.8 Å². The van der Waals surface area contributed by atoms with Crippen LogP contribution >= 0.6 is 11.3 Å². The molecule has 0 aromatic carbocycles. The van der Waals surface area contributed by atoms with E-state index in [4.69, 9.17) is 0 Å². The Labute approximate surface area is 107 Å². The molecule has 2 rings (SSSR count). The summed E-state index contributed by atoms with van der Waals surface area (Å²) in [6.45, 7) is 4.24. The van der Waals surface area contributed by atoms with E-state index in [1.165, 1.54) is 12.1 Å². The molecule has 0 saturated carbocycles. The van der Waals surface area contributed by atoms with Gasteiger partial charge in [0.1, 0.15) is 5.69 Å². The maximum Gasteiger partial charge on any atom is 0.272 e. The average Bonchev–Trinajstić information content (AvgIpc) is 2.66. The van der Waals surface area contributed by atoms with Crippen molar-refractivity contribution in [3.8, 4) is 0 Å². The number of aryl methyl sites for hydroxylation is 2. The van der Waals surface area contributed by atoms with Gasteiger partial charge >= 0.3 is 0 Å². The lowest BCUT2D eigenvalue weighted by Crippen LogP contribution is -2.25. The number of hydrogen-bond acceptors (Lipinski definition) is 5. The van der Waals surface area contributed by atoms with Crippen molar-refractivity contribution in [1.82, 2.24) is 20.5 Å². The fourth-order valence-electron chi connectivity index (χ4n) is 1.46. The summed E-state index contributed by atoms with van der Waals surface area (Å²) in [4.78, 5) is 27.8. The van der Waals surface area contributed by atoms with E-state index >= 15 is 0 Å². The average molecular weight is 264 g/mol. The van der Waals surface area contributed by atoms with Gasteiger partial charge in [-0.3, -0.25) is 9.59 Å². The first-order valence-electron chi connectivity index (χ1n) is 5.33. The number of H-pyrrole nitrogens is 1. The Morgan fingerprint density at radius 2 is 2.22 bits per heavy atom. The molecule has 0 fully saturated rings. The molecule has 2 aromatic rings. The minimum absolute atomic E-state index is 0.188. The van der Waals surface area contributed by atoms with Crippen LogP contribution in [0.25, 0.3) is 0 Å². The maximum absolute atomic E-state index is 11.7. The molecule has 0 unspecified atom stereocenters. The number of thiazole rings is 1. The molecule has 94 valence electrons. The Morgan fingerprint density at radius 3 is 2.78 bits per heavy atom. The van der Waals surface area contributed by atoms with E-state index in [9.17, 15) is 9.59 Å². The first-order valence-corrected chi connectivity index (χ1v) is 6.15. The SMILES string of the molecule is Cc1nc(C)c(CNC(=O)c2ccc(=O)[nH]n2)s1. The Morgan fingerprint density at radius 1 is 1.44 bits per heavy atom. The van der Waals surface area contributed by atoms with Crippen LogP contribution in [-0.4, -0.2) is 21.1 Å². The molecule has 2 aromatic heterocycles. The molecule has 0 bridgehead atoms. The summed E-state index contributed by atoms with van der Waals surface area (Å²) in [5, 5.41) is 9.58. The van der Waals surface area contributed by atoms with Crippen molar-refractivity contribution < 1.29 is 4.79 Å². The van der Waals surface area contributed by atoms with Gasteiger partial charge in [0.2, 0.25) is 0 Å². The molecule has 0 aliphatic heterocycles. The molecule has 1 amide bonds. The molecular weight excluding hydrogens is 252 g/mol. The van der Waals surface area contributed by atoms with Gasteiger partial charge in [-0.05, 0) is 19.9 Å². The molecule has 0 saturated heterocycles. The number of aromatic nitrogens is 3. The monoisotopic (exact) mass is 264 g/mol. The molecule has 2 heterocycles. The molecule has 0 spiro atoms. The number of nitrogens with one attached hydrogen (secondary N) is 2. The zero-order chi connectivity index (χ0) is 13.1. The number of hydrogen-bond donors (Lipinski definition) is 2. The van der Waals surface area contributed by atoms with Gasteiger partial charge in [0.05, 0.1) is 17.2 Å². The van der Waals surface area contributed by atoms with Crippen LogP contribution < -0.4 is 10.9 Å². The fraction of sp³-hybridized carbons (Fsp3) is 0.273. The highest BCUT2D eigenvalue weighted by molar-refractivity contribution is 7.11. The van der Waals surface area contributed by atoms with Crippen LogP contribution in [0.5, 0.6) is 0 Å². The van der Waals surface area contributed by atoms with Crippen molar-refractivity contribution >= 4 is 17.2 Å². The lowest BCUT2D eigenvalue weighted by atomic mass is 10.3. The summed E-state index contributed by atoms with van der Waals surface area (Å²) in [5.41, 5.74) is 0.779. The van der Waals surface area contributed by atoms with Crippen molar-refractivity contribution in [1.29, 1.82) is 0 Å². The quantitative estimate of drug-likeness (QED) is 0.857. The van der Waals surface area contributed by atoms with Crippen LogP contribution in [0.4, 0.5) is 0 Å². The molecule has 2 N–H and O–H groups in total. The Kier molecular flexibility index (Phi) is 3.52. The van der Waals surface area contributed by atoms with Crippen molar-refractivity contribution in [3.05, 3.63) is 43.8 Å². The lowest BCUT2D eigenvalue weighted by Gasteiger charge is -2.02. The predicted molar refractivity (Wildman–Crippen MR) is 67.6 cm³/mol. The topological polar surface area (TPSA) is 87.7 Å². The van der Waals surface area contributed by atoms with Gasteiger partial charge < -0.3 is 5.32 Å². The third-order valence-corrected chi connectivity index (χ3v) is 3.39. The summed E-state index contributed by atoms with van der Waals surface area (Å²) < 4.78 is 0. The predicted octanol–water partition coefficient (Wildman–Crippen LogP) is 0.773. The number of nitrogens with zero attached hydrogens (tertiary/aromatic N) is 2. The first kappa shape index (κ1) is 12.4. The number of carbonyl (C=O) groups is 1. The highest BCUT2D eigenvalue weighted by Crippen LogP contribution is 2.16. The van der Waals surface area contributed by atoms with Gasteiger partial charge in [-0.2, -0.15) is 5.10 Å². The standard InChI is InChI=1S/C11H12N4O2S/c1-6-9(18-7(2)13-6)5-12-11(17)8-3-4-10(16)15-14-8/h3-4H,5H2,1-2H3,(H,12,17)(H,15,16). The highest BCUT2D eigenvalue weighted by Gasteiger charge is 2.09. The Hall–Kier alpha value is -2.02. The minimum atomic E-state index is -0.333. The molecule has 0 radical (unpaired) electrons. The third kappa shape index (κ3) is 2.80. The van der Waals surface area contributed by atoms with E-state index in [1.54, 1.807) is 11.3 Å². The summed E-state index contributed by atoms with van der Waals surface area (Å²) in [6.07, 6.45) is 0. The number of carbonyl (C=O) groups excluding carboxylic acids is 1. The first-order chi connectivity index (χ1) is 8.56. The van der Waals surface area contributed by atoms with Gasteiger partial charge in [-0.1, -0.05) is 0 Å². The number of amides is 1. The molecule has 18 heavy (non-hydrogen) atoms. The van der Waals surface area contributed by atoms with Gasteiger partial charge in [-0.25, -0.2) is 10.1 Å². The van der Waals surface area contributed by atoms with E-state index in [0.717, 1.165) is 15.6 Å². The van der Waals surface area contributed by atoms with E-state index in [2.05, 4.69) is 20.5 Å². The zero-order valence-corrected chi connectivity index (χ0v) is 10.8. The van der Waals surface area contributed by atoms with Gasteiger partial charge in [0, 0.05) is 10.9 Å². The third-order valence-electron chi connectivity index (χ3n) is 2.32. The molecule has 0 atom stereocenters. The fourth-order valence-corrected chi connectivity index (χ4v) is 2.34. The summed E-state index contributed by atoms with van der Waals surface area (Å²) in [5.74, 6) is -0.322. The normalized spacial score (nSPS) is 10.3. The zero-order valence-electron chi connectivity index (χ0n) is 9.98. The molecule has 6 nitrogen and oxygen atoms in total. The van der Waals surface area contributed by atoms with Gasteiger partial charge in [-0.15, -0.1) is 11.3 Å². The molecule has 0 aliphatic carbocycles. The Balaban J connectivity index is 2.02. The van der Waals surface area contributed by atoms with Crippen LogP contribution in [0.1, 0.15) is 26.1 Å². The molecular formula is C11H12N4O2S. The van der Waals surface area contributed by atoms with Crippen LogP contribution in [0.2, 0.25) is 0 Å². The van der Waals surface area contributed by atoms with Crippen molar-refractivity contribution in [3.63, 3.8) is 0 Å². The van der Waals surface area contributed by atoms with Crippen LogP contribution in [0.3, 0.4) is 0 Å². The summed E-state index contributed by atoms with van der Waals surface area (Å²) >= 11 is 1.55. The van der Waals surface area contributed by atoms with Crippen molar-refractivity contribution in [2.75, 3.05) is 0 Å². The van der Waals surface area contributed by atoms with E-state index < -0.39 is 0 Å². The van der Waals surface area contributed by atoms with Crippen LogP contribution in [-0.2, 0) is 6.54 Å². The molecule has 7 heteroatoms. The van der Waals surface area contributed by atoms with Crippen molar-refractivity contribution in [2.45, 2.75) is 20.4 Å². The second-order valence-electron chi connectivity index (χ2n) is 3.73. The van der Waals surface area contributed by atoms with Crippen LogP contribution in [0.15, 0.2) is 16.9 Å². The number of aromatic amines is 1.